The molecule has 0 amide bonds. The molecule has 1 aliphatic heterocycles. The van der Waals surface area contributed by atoms with E-state index in [0.717, 1.165) is 26.2 Å². The summed E-state index contributed by atoms with van der Waals surface area (Å²) in [7, 11) is 0. The molecule has 15 heavy (non-hydrogen) atoms. The number of unbranched alkanes of at least 4 members (excludes halogenated alkanes) is 2. The summed E-state index contributed by atoms with van der Waals surface area (Å²) in [6.07, 6.45) is 4.81. The molecule has 2 rings (SSSR count). The zero-order valence-electron chi connectivity index (χ0n) is 9.17. The normalized spacial score (nSPS) is 14.2. The molecular weight excluding hydrogens is 186 g/mol. The van der Waals surface area contributed by atoms with E-state index >= 15 is 0 Å². The second-order valence-electron chi connectivity index (χ2n) is 4.20. The van der Waals surface area contributed by atoms with Gasteiger partial charge in [0.1, 0.15) is 0 Å². The van der Waals surface area contributed by atoms with Gasteiger partial charge in [-0.25, -0.2) is 0 Å². The lowest BCUT2D eigenvalue weighted by atomic mass is 10.0. The Morgan fingerprint density at radius 2 is 1.93 bits per heavy atom. The van der Waals surface area contributed by atoms with Gasteiger partial charge in [0.2, 0.25) is 0 Å². The molecule has 0 saturated carbocycles. The van der Waals surface area contributed by atoms with Crippen molar-refractivity contribution in [2.24, 2.45) is 5.73 Å². The molecule has 0 aromatic heterocycles. The van der Waals surface area contributed by atoms with Crippen molar-refractivity contribution in [1.82, 2.24) is 0 Å². The lowest BCUT2D eigenvalue weighted by molar-refractivity contribution is 0.134. The van der Waals surface area contributed by atoms with E-state index in [1.807, 2.05) is 0 Å². The SMILES string of the molecule is NCCCCCc1ccc2c(c1)COC2. The lowest BCUT2D eigenvalue weighted by Crippen LogP contribution is -1.98. The maximum atomic E-state index is 5.47. The maximum absolute atomic E-state index is 5.47. The van der Waals surface area contributed by atoms with Crippen LogP contribution in [-0.2, 0) is 24.4 Å². The molecule has 1 aromatic rings. The molecule has 0 unspecified atom stereocenters. The molecule has 0 spiro atoms. The largest absolute Gasteiger partial charge is 0.372 e. The summed E-state index contributed by atoms with van der Waals surface area (Å²) >= 11 is 0. The molecule has 2 heteroatoms. The molecule has 0 radical (unpaired) electrons. The Morgan fingerprint density at radius 1 is 1.07 bits per heavy atom. The van der Waals surface area contributed by atoms with Gasteiger partial charge < -0.3 is 10.5 Å². The Bertz CT molecular complexity index is 322. The van der Waals surface area contributed by atoms with Crippen LogP contribution in [0.5, 0.6) is 0 Å². The minimum atomic E-state index is 0.794. The van der Waals surface area contributed by atoms with Crippen molar-refractivity contribution in [2.75, 3.05) is 6.54 Å². The highest BCUT2D eigenvalue weighted by atomic mass is 16.5. The van der Waals surface area contributed by atoms with Crippen molar-refractivity contribution in [3.8, 4) is 0 Å². The monoisotopic (exact) mass is 205 g/mol. The highest BCUT2D eigenvalue weighted by Crippen LogP contribution is 2.21. The summed E-state index contributed by atoms with van der Waals surface area (Å²) in [5, 5.41) is 0. The zero-order chi connectivity index (χ0) is 10.5. The third kappa shape index (κ3) is 2.80. The number of aryl methyl sites for hydroxylation is 1. The third-order valence-electron chi connectivity index (χ3n) is 2.96. The number of ether oxygens (including phenoxy) is 1. The van der Waals surface area contributed by atoms with Crippen molar-refractivity contribution in [1.29, 1.82) is 0 Å². The summed E-state index contributed by atoms with van der Waals surface area (Å²) in [6, 6.07) is 6.74. The predicted octanol–water partition coefficient (Wildman–Crippen LogP) is 2.39. The van der Waals surface area contributed by atoms with Crippen molar-refractivity contribution in [2.45, 2.75) is 38.9 Å². The first kappa shape index (κ1) is 10.7. The Hall–Kier alpha value is -0.860. The third-order valence-corrected chi connectivity index (χ3v) is 2.96. The van der Waals surface area contributed by atoms with Crippen LogP contribution in [0.3, 0.4) is 0 Å². The van der Waals surface area contributed by atoms with Gasteiger partial charge in [0.15, 0.2) is 0 Å². The van der Waals surface area contributed by atoms with Gasteiger partial charge in [0.25, 0.3) is 0 Å². The highest BCUT2D eigenvalue weighted by Gasteiger charge is 2.10. The number of hydrogen-bond acceptors (Lipinski definition) is 2. The van der Waals surface area contributed by atoms with Gasteiger partial charge in [-0.2, -0.15) is 0 Å². The molecule has 0 atom stereocenters. The van der Waals surface area contributed by atoms with E-state index in [4.69, 9.17) is 10.5 Å². The molecule has 1 heterocycles. The van der Waals surface area contributed by atoms with Crippen LogP contribution in [0.4, 0.5) is 0 Å². The fraction of sp³-hybridized carbons (Fsp3) is 0.538. The minimum absolute atomic E-state index is 0.794. The van der Waals surface area contributed by atoms with Gasteiger partial charge in [0, 0.05) is 0 Å². The van der Waals surface area contributed by atoms with Crippen molar-refractivity contribution >= 4 is 0 Å². The number of rotatable bonds is 5. The van der Waals surface area contributed by atoms with Crippen LogP contribution in [0, 0.1) is 0 Å². The molecule has 1 aromatic carbocycles. The topological polar surface area (TPSA) is 35.2 Å². The second kappa shape index (κ2) is 5.29. The van der Waals surface area contributed by atoms with E-state index < -0.39 is 0 Å². The number of fused-ring (bicyclic) bond motifs is 1. The van der Waals surface area contributed by atoms with Crippen LogP contribution in [0.2, 0.25) is 0 Å². The lowest BCUT2D eigenvalue weighted by Gasteiger charge is -2.03. The quantitative estimate of drug-likeness (QED) is 0.749. The number of nitrogens with two attached hydrogens (primary N) is 1. The van der Waals surface area contributed by atoms with E-state index in [1.165, 1.54) is 36.0 Å². The van der Waals surface area contributed by atoms with Gasteiger partial charge in [-0.15, -0.1) is 0 Å². The smallest absolute Gasteiger partial charge is 0.0725 e. The van der Waals surface area contributed by atoms with Gasteiger partial charge in [0.05, 0.1) is 13.2 Å². The first-order chi connectivity index (χ1) is 7.40. The summed E-state index contributed by atoms with van der Waals surface area (Å²) < 4.78 is 5.40. The van der Waals surface area contributed by atoms with Crippen LogP contribution >= 0.6 is 0 Å². The first-order valence-corrected chi connectivity index (χ1v) is 5.78. The number of benzene rings is 1. The van der Waals surface area contributed by atoms with Crippen LogP contribution < -0.4 is 5.73 Å². The average molecular weight is 205 g/mol. The van der Waals surface area contributed by atoms with E-state index in [-0.39, 0.29) is 0 Å². The summed E-state index contributed by atoms with van der Waals surface area (Å²) in [5.74, 6) is 0. The Balaban J connectivity index is 1.87. The molecule has 0 bridgehead atoms. The molecule has 0 aliphatic carbocycles. The first-order valence-electron chi connectivity index (χ1n) is 5.78. The van der Waals surface area contributed by atoms with Crippen molar-refractivity contribution in [3.05, 3.63) is 34.9 Å². The highest BCUT2D eigenvalue weighted by molar-refractivity contribution is 5.33. The fourth-order valence-electron chi connectivity index (χ4n) is 2.03. The van der Waals surface area contributed by atoms with Gasteiger partial charge >= 0.3 is 0 Å². The van der Waals surface area contributed by atoms with Crippen LogP contribution in [0.25, 0.3) is 0 Å². The Kier molecular flexibility index (Phi) is 3.75. The van der Waals surface area contributed by atoms with Crippen LogP contribution in [0.15, 0.2) is 18.2 Å². The molecular formula is C13H19NO. The maximum Gasteiger partial charge on any atom is 0.0725 e. The van der Waals surface area contributed by atoms with E-state index in [9.17, 15) is 0 Å². The summed E-state index contributed by atoms with van der Waals surface area (Å²) in [4.78, 5) is 0. The zero-order valence-corrected chi connectivity index (χ0v) is 9.17. The van der Waals surface area contributed by atoms with Crippen LogP contribution in [0.1, 0.15) is 36.0 Å². The summed E-state index contributed by atoms with van der Waals surface area (Å²) in [5.41, 5.74) is 9.65. The molecule has 0 saturated heterocycles. The predicted molar refractivity (Wildman–Crippen MR) is 61.5 cm³/mol. The molecule has 2 nitrogen and oxygen atoms in total. The Morgan fingerprint density at radius 3 is 2.80 bits per heavy atom. The molecule has 2 N–H and O–H groups in total. The van der Waals surface area contributed by atoms with Gasteiger partial charge in [-0.3, -0.25) is 0 Å². The average Bonchev–Trinajstić information content (AvgIpc) is 2.71. The van der Waals surface area contributed by atoms with Gasteiger partial charge in [-0.05, 0) is 42.5 Å². The van der Waals surface area contributed by atoms with E-state index in [2.05, 4.69) is 18.2 Å². The fourth-order valence-corrected chi connectivity index (χ4v) is 2.03. The standard InChI is InChI=1S/C13H19NO/c14-7-3-1-2-4-11-5-6-12-9-15-10-13(12)8-11/h5-6,8H,1-4,7,9-10,14H2. The Labute approximate surface area is 91.4 Å². The second-order valence-corrected chi connectivity index (χ2v) is 4.20. The van der Waals surface area contributed by atoms with Crippen molar-refractivity contribution in [3.63, 3.8) is 0 Å². The molecule has 82 valence electrons. The van der Waals surface area contributed by atoms with Crippen LogP contribution in [-0.4, -0.2) is 6.54 Å². The molecule has 1 aliphatic rings. The van der Waals surface area contributed by atoms with Crippen molar-refractivity contribution < 1.29 is 4.74 Å². The van der Waals surface area contributed by atoms with E-state index in [1.54, 1.807) is 0 Å². The van der Waals surface area contributed by atoms with E-state index in [0.29, 0.717) is 0 Å². The minimum Gasteiger partial charge on any atom is -0.372 e. The summed E-state index contributed by atoms with van der Waals surface area (Å²) in [6.45, 7) is 2.41. The van der Waals surface area contributed by atoms with Gasteiger partial charge in [-0.1, -0.05) is 24.6 Å². The molecule has 0 fully saturated rings. The number of hydrogen-bond donors (Lipinski definition) is 1.